The molecule has 0 heterocycles. The third kappa shape index (κ3) is 4.79. The number of amides is 2. The number of carbonyl (C=O) groups excluding carboxylic acids is 2. The molecular formula is C12H11I3MgN2O4. The maximum atomic E-state index is 11.6. The number of rotatable bonds is 3. The summed E-state index contributed by atoms with van der Waals surface area (Å²) in [4.78, 5) is 35.9. The number of carboxylic acid groups (broad SMARTS) is 1. The quantitative estimate of drug-likeness (QED) is 0.389. The first kappa shape index (κ1) is 22.6. The van der Waals surface area contributed by atoms with Crippen LogP contribution in [0.25, 0.3) is 0 Å². The van der Waals surface area contributed by atoms with Crippen molar-refractivity contribution in [2.24, 2.45) is 0 Å². The molecule has 2 amide bonds. The number of halogens is 3. The Morgan fingerprint density at radius 2 is 1.55 bits per heavy atom. The number of hydrogen-bond acceptors (Lipinski definition) is 3. The first-order valence-electron chi connectivity index (χ1n) is 5.55. The molecule has 0 unspecified atom stereocenters. The number of aromatic carboxylic acids is 1. The van der Waals surface area contributed by atoms with Crippen LogP contribution in [0.1, 0.15) is 24.2 Å². The SMILES string of the molecule is CC(=O)Nc1c(I)c(C(=O)O)c(I)c(N(C)C(C)=O)c1I.[Mg]. The van der Waals surface area contributed by atoms with Crippen molar-refractivity contribution in [2.45, 2.75) is 13.8 Å². The minimum absolute atomic E-state index is 0. The van der Waals surface area contributed by atoms with Gasteiger partial charge in [-0.2, -0.15) is 0 Å². The van der Waals surface area contributed by atoms with E-state index in [0.29, 0.717) is 22.1 Å². The second-order valence-electron chi connectivity index (χ2n) is 4.10. The van der Waals surface area contributed by atoms with Crippen LogP contribution in [0.3, 0.4) is 0 Å². The zero-order valence-corrected chi connectivity index (χ0v) is 19.8. The Balaban J connectivity index is 0.00000441. The topological polar surface area (TPSA) is 86.7 Å². The highest BCUT2D eigenvalue weighted by atomic mass is 127. The van der Waals surface area contributed by atoms with Gasteiger partial charge in [-0.25, -0.2) is 4.79 Å². The zero-order chi connectivity index (χ0) is 16.5. The molecule has 1 aromatic carbocycles. The van der Waals surface area contributed by atoms with Crippen molar-refractivity contribution < 1.29 is 19.5 Å². The lowest BCUT2D eigenvalue weighted by atomic mass is 10.1. The first-order chi connectivity index (χ1) is 9.59. The lowest BCUT2D eigenvalue weighted by Crippen LogP contribution is -2.27. The van der Waals surface area contributed by atoms with Gasteiger partial charge in [-0.3, -0.25) is 9.59 Å². The Labute approximate surface area is 184 Å². The molecule has 10 heteroatoms. The molecule has 0 aromatic heterocycles. The van der Waals surface area contributed by atoms with Gasteiger partial charge in [0.2, 0.25) is 11.8 Å². The average Bonchev–Trinajstić information content (AvgIpc) is 2.33. The Hall–Kier alpha value is 0.586. The second kappa shape index (κ2) is 9.17. The monoisotopic (exact) mass is 652 g/mol. The molecule has 22 heavy (non-hydrogen) atoms. The Morgan fingerprint density at radius 1 is 1.05 bits per heavy atom. The smallest absolute Gasteiger partial charge is 0.338 e. The van der Waals surface area contributed by atoms with Crippen molar-refractivity contribution in [2.75, 3.05) is 17.3 Å². The minimum atomic E-state index is -1.11. The number of anilines is 2. The summed E-state index contributed by atoms with van der Waals surface area (Å²) in [5, 5.41) is 12.1. The van der Waals surface area contributed by atoms with Crippen LogP contribution in [0.2, 0.25) is 0 Å². The van der Waals surface area contributed by atoms with Crippen molar-refractivity contribution >= 4 is 120 Å². The fraction of sp³-hybridized carbons (Fsp3) is 0.250. The summed E-state index contributed by atoms with van der Waals surface area (Å²) in [6.07, 6.45) is 0. The number of hydrogen-bond donors (Lipinski definition) is 2. The molecule has 0 saturated carbocycles. The predicted octanol–water partition coefficient (Wildman–Crippen LogP) is 2.76. The largest absolute Gasteiger partial charge is 0.478 e. The number of carbonyl (C=O) groups is 3. The van der Waals surface area contributed by atoms with Gasteiger partial charge < -0.3 is 15.3 Å². The van der Waals surface area contributed by atoms with E-state index in [4.69, 9.17) is 0 Å². The maximum absolute atomic E-state index is 11.6. The average molecular weight is 652 g/mol. The van der Waals surface area contributed by atoms with Gasteiger partial charge >= 0.3 is 5.97 Å². The van der Waals surface area contributed by atoms with Crippen molar-refractivity contribution in [3.05, 3.63) is 16.3 Å². The van der Waals surface area contributed by atoms with E-state index in [2.05, 4.69) is 5.32 Å². The van der Waals surface area contributed by atoms with Crippen LogP contribution >= 0.6 is 67.8 Å². The van der Waals surface area contributed by atoms with Gasteiger partial charge in [-0.1, -0.05) is 0 Å². The van der Waals surface area contributed by atoms with Gasteiger partial charge in [-0.05, 0) is 67.8 Å². The number of nitrogens with zero attached hydrogens (tertiary/aromatic N) is 1. The van der Waals surface area contributed by atoms with Crippen LogP contribution in [0, 0.1) is 10.7 Å². The first-order valence-corrected chi connectivity index (χ1v) is 8.78. The summed E-state index contributed by atoms with van der Waals surface area (Å²) >= 11 is 5.80. The highest BCUT2D eigenvalue weighted by Crippen LogP contribution is 2.40. The van der Waals surface area contributed by atoms with Crippen LogP contribution in [0.15, 0.2) is 0 Å². The van der Waals surface area contributed by atoms with Crippen LogP contribution in [0.4, 0.5) is 11.4 Å². The van der Waals surface area contributed by atoms with E-state index < -0.39 is 5.97 Å². The molecule has 0 spiro atoms. The van der Waals surface area contributed by atoms with Gasteiger partial charge in [0.05, 0.1) is 27.6 Å². The Morgan fingerprint density at radius 3 is 1.91 bits per heavy atom. The van der Waals surface area contributed by atoms with Gasteiger partial charge in [0.1, 0.15) is 0 Å². The highest BCUT2D eigenvalue weighted by molar-refractivity contribution is 14.1. The molecule has 2 N–H and O–H groups in total. The van der Waals surface area contributed by atoms with E-state index >= 15 is 0 Å². The van der Waals surface area contributed by atoms with Crippen molar-refractivity contribution in [1.29, 1.82) is 0 Å². The van der Waals surface area contributed by atoms with Crippen molar-refractivity contribution in [3.63, 3.8) is 0 Å². The molecule has 2 radical (unpaired) electrons. The lowest BCUT2D eigenvalue weighted by molar-refractivity contribution is -0.116. The molecule has 1 aromatic rings. The fourth-order valence-corrected chi connectivity index (χ4v) is 6.20. The highest BCUT2D eigenvalue weighted by Gasteiger charge is 2.27. The molecule has 0 fully saturated rings. The van der Waals surface area contributed by atoms with Crippen LogP contribution in [0.5, 0.6) is 0 Å². The molecule has 1 rings (SSSR count). The Bertz CT molecular complexity index is 652. The van der Waals surface area contributed by atoms with E-state index in [0.717, 1.165) is 0 Å². The van der Waals surface area contributed by atoms with Gasteiger partial charge in [0.25, 0.3) is 0 Å². The summed E-state index contributed by atoms with van der Waals surface area (Å²) in [6.45, 7) is 2.74. The summed E-state index contributed by atoms with van der Waals surface area (Å²) in [5.41, 5.74) is 0.957. The molecule has 0 bridgehead atoms. The van der Waals surface area contributed by atoms with E-state index in [-0.39, 0.29) is 40.4 Å². The molecule has 0 atom stereocenters. The third-order valence-corrected chi connectivity index (χ3v) is 5.80. The zero-order valence-electron chi connectivity index (χ0n) is 12.0. The van der Waals surface area contributed by atoms with E-state index in [1.54, 1.807) is 7.05 Å². The summed E-state index contributed by atoms with van der Waals surface area (Å²) in [7, 11) is 1.57. The van der Waals surface area contributed by atoms with Crippen molar-refractivity contribution in [3.8, 4) is 0 Å². The van der Waals surface area contributed by atoms with Gasteiger partial charge in [0.15, 0.2) is 0 Å². The van der Waals surface area contributed by atoms with Crippen LogP contribution in [-0.2, 0) is 9.59 Å². The van der Waals surface area contributed by atoms with Crippen LogP contribution < -0.4 is 10.2 Å². The number of nitrogens with one attached hydrogen (secondary N) is 1. The lowest BCUT2D eigenvalue weighted by Gasteiger charge is -2.23. The third-order valence-electron chi connectivity index (χ3n) is 2.62. The molecule has 116 valence electrons. The molecule has 0 aliphatic carbocycles. The molecule has 6 nitrogen and oxygen atoms in total. The van der Waals surface area contributed by atoms with E-state index in [9.17, 15) is 19.5 Å². The molecule has 0 aliphatic heterocycles. The molecular weight excluding hydrogens is 641 g/mol. The van der Waals surface area contributed by atoms with Crippen molar-refractivity contribution in [1.82, 2.24) is 0 Å². The predicted molar refractivity (Wildman–Crippen MR) is 111 cm³/mol. The van der Waals surface area contributed by atoms with Gasteiger partial charge in [-0.15, -0.1) is 0 Å². The summed E-state index contributed by atoms with van der Waals surface area (Å²) in [5.74, 6) is -1.64. The molecule has 0 saturated heterocycles. The minimum Gasteiger partial charge on any atom is -0.478 e. The fourth-order valence-electron chi connectivity index (χ4n) is 1.58. The van der Waals surface area contributed by atoms with Crippen LogP contribution in [-0.4, -0.2) is 53.0 Å². The normalized spacial score (nSPS) is 9.73. The molecule has 0 aliphatic rings. The Kier molecular flexibility index (Phi) is 9.41. The second-order valence-corrected chi connectivity index (χ2v) is 7.34. The summed E-state index contributed by atoms with van der Waals surface area (Å²) < 4.78 is 1.52. The number of carboxylic acids is 1. The van der Waals surface area contributed by atoms with E-state index in [1.165, 1.54) is 18.7 Å². The van der Waals surface area contributed by atoms with Gasteiger partial charge in [0, 0.05) is 43.9 Å². The standard InChI is InChI=1S/C12H11I3N2O4.Mg/c1-4(18)16-10-7(13)6(12(20)21)8(14)11(9(10)15)17(3)5(2)19;/h1-3H3,(H,16,18)(H,20,21);. The summed E-state index contributed by atoms with van der Waals surface area (Å²) in [6, 6.07) is 0. The van der Waals surface area contributed by atoms with E-state index in [1.807, 2.05) is 67.8 Å². The number of benzene rings is 1. The maximum Gasteiger partial charge on any atom is 0.338 e.